The molecule has 2 rings (SSSR count). The number of benzene rings is 2. The van der Waals surface area contributed by atoms with Crippen molar-refractivity contribution < 1.29 is 13.2 Å². The number of nitrogens with zero attached hydrogens (tertiary/aromatic N) is 1. The monoisotopic (exact) mass is 389 g/mol. The number of para-hydroxylation sites is 1. The van der Waals surface area contributed by atoms with Gasteiger partial charge in [0.25, 0.3) is 0 Å². The fourth-order valence-electron chi connectivity index (χ4n) is 2.73. The summed E-state index contributed by atoms with van der Waals surface area (Å²) in [6.07, 6.45) is 1.68. The third-order valence-corrected chi connectivity index (χ3v) is 6.22. The lowest BCUT2D eigenvalue weighted by molar-refractivity contribution is 0.251. The van der Waals surface area contributed by atoms with Crippen molar-refractivity contribution in [1.82, 2.24) is 9.62 Å². The topological polar surface area (TPSA) is 78.5 Å². The Kier molecular flexibility index (Phi) is 6.98. The van der Waals surface area contributed by atoms with Crippen molar-refractivity contribution in [3.05, 3.63) is 59.2 Å². The van der Waals surface area contributed by atoms with E-state index >= 15 is 0 Å². The number of carbonyl (C=O) groups is 1. The fourth-order valence-corrected chi connectivity index (χ4v) is 3.63. The summed E-state index contributed by atoms with van der Waals surface area (Å²) in [6, 6.07) is 12.2. The summed E-state index contributed by atoms with van der Waals surface area (Å²) in [5.74, 6) is 0. The minimum atomic E-state index is -3.45. The molecule has 0 heterocycles. The van der Waals surface area contributed by atoms with Gasteiger partial charge in [-0.25, -0.2) is 17.5 Å². The lowest BCUT2D eigenvalue weighted by Crippen LogP contribution is -2.29. The van der Waals surface area contributed by atoms with E-state index in [9.17, 15) is 13.2 Å². The Morgan fingerprint density at radius 2 is 1.52 bits per heavy atom. The molecule has 0 saturated heterocycles. The van der Waals surface area contributed by atoms with Gasteiger partial charge in [-0.05, 0) is 41.7 Å². The third kappa shape index (κ3) is 5.08. The van der Waals surface area contributed by atoms with E-state index in [0.29, 0.717) is 6.54 Å². The van der Waals surface area contributed by atoms with Crippen molar-refractivity contribution in [3.63, 3.8) is 0 Å². The van der Waals surface area contributed by atoms with Gasteiger partial charge in [-0.3, -0.25) is 0 Å². The van der Waals surface area contributed by atoms with E-state index in [0.717, 1.165) is 35.2 Å². The highest BCUT2D eigenvalue weighted by Crippen LogP contribution is 2.22. The lowest BCUT2D eigenvalue weighted by Gasteiger charge is -2.15. The van der Waals surface area contributed by atoms with Crippen LogP contribution in [-0.4, -0.2) is 32.8 Å². The number of amides is 2. The van der Waals surface area contributed by atoms with Crippen molar-refractivity contribution in [3.8, 4) is 0 Å². The first-order chi connectivity index (χ1) is 12.8. The Morgan fingerprint density at radius 1 is 0.963 bits per heavy atom. The standard InChI is InChI=1S/C20H27N3O3S/c1-5-16-8-7-9-17(6-2)19(16)22-20(24)21-14-15-10-12-18(13-11-15)27(25,26)23(3)4/h7-13H,5-6,14H2,1-4H3,(H2,21,22,24). The van der Waals surface area contributed by atoms with Gasteiger partial charge in [0.15, 0.2) is 0 Å². The molecular formula is C20H27N3O3S. The van der Waals surface area contributed by atoms with Gasteiger partial charge in [0.2, 0.25) is 10.0 Å². The summed E-state index contributed by atoms with van der Waals surface area (Å²) >= 11 is 0. The lowest BCUT2D eigenvalue weighted by atomic mass is 10.0. The molecule has 0 aliphatic carbocycles. The molecule has 27 heavy (non-hydrogen) atoms. The molecule has 0 aliphatic rings. The number of anilines is 1. The second-order valence-corrected chi connectivity index (χ2v) is 8.55. The Bertz CT molecular complexity index is 869. The van der Waals surface area contributed by atoms with E-state index in [1.165, 1.54) is 18.4 Å². The molecule has 0 radical (unpaired) electrons. The summed E-state index contributed by atoms with van der Waals surface area (Å²) < 4.78 is 25.3. The number of hydrogen-bond acceptors (Lipinski definition) is 3. The number of carbonyl (C=O) groups excluding carboxylic acids is 1. The van der Waals surface area contributed by atoms with Crippen molar-refractivity contribution in [2.75, 3.05) is 19.4 Å². The normalized spacial score (nSPS) is 11.4. The minimum Gasteiger partial charge on any atom is -0.334 e. The first-order valence-electron chi connectivity index (χ1n) is 8.96. The molecule has 0 saturated carbocycles. The van der Waals surface area contributed by atoms with Crippen LogP contribution in [0.4, 0.5) is 10.5 Å². The van der Waals surface area contributed by atoms with Crippen LogP contribution in [0, 0.1) is 0 Å². The smallest absolute Gasteiger partial charge is 0.319 e. The van der Waals surface area contributed by atoms with Crippen LogP contribution in [0.2, 0.25) is 0 Å². The molecule has 0 atom stereocenters. The van der Waals surface area contributed by atoms with Gasteiger partial charge in [0.05, 0.1) is 4.90 Å². The zero-order valence-corrected chi connectivity index (χ0v) is 17.1. The predicted octanol–water partition coefficient (Wildman–Crippen LogP) is 3.38. The summed E-state index contributed by atoms with van der Waals surface area (Å²) in [6.45, 7) is 4.42. The van der Waals surface area contributed by atoms with E-state index in [1.54, 1.807) is 24.3 Å². The van der Waals surface area contributed by atoms with Crippen LogP contribution in [0.15, 0.2) is 47.4 Å². The molecule has 2 aromatic rings. The van der Waals surface area contributed by atoms with Crippen LogP contribution in [0.25, 0.3) is 0 Å². The Balaban J connectivity index is 2.03. The average Bonchev–Trinajstić information content (AvgIpc) is 2.66. The maximum absolute atomic E-state index is 12.3. The highest BCUT2D eigenvalue weighted by molar-refractivity contribution is 7.89. The second-order valence-electron chi connectivity index (χ2n) is 6.40. The second kappa shape index (κ2) is 9.01. The van der Waals surface area contributed by atoms with Crippen molar-refractivity contribution in [1.29, 1.82) is 0 Å². The molecule has 0 spiro atoms. The molecule has 0 unspecified atom stereocenters. The number of hydrogen-bond donors (Lipinski definition) is 2. The van der Waals surface area contributed by atoms with E-state index in [1.807, 2.05) is 18.2 Å². The first-order valence-corrected chi connectivity index (χ1v) is 10.4. The van der Waals surface area contributed by atoms with Gasteiger partial charge in [0, 0.05) is 26.3 Å². The molecule has 0 bridgehead atoms. The molecule has 146 valence electrons. The molecule has 7 heteroatoms. The SMILES string of the molecule is CCc1cccc(CC)c1NC(=O)NCc1ccc(S(=O)(=O)N(C)C)cc1. The Hall–Kier alpha value is -2.38. The van der Waals surface area contributed by atoms with Crippen LogP contribution >= 0.6 is 0 Å². The van der Waals surface area contributed by atoms with E-state index in [2.05, 4.69) is 24.5 Å². The number of sulfonamides is 1. The molecule has 2 aromatic carbocycles. The van der Waals surface area contributed by atoms with Crippen molar-refractivity contribution in [2.45, 2.75) is 38.1 Å². The summed E-state index contributed by atoms with van der Waals surface area (Å²) in [5.41, 5.74) is 3.89. The van der Waals surface area contributed by atoms with Gasteiger partial charge in [0.1, 0.15) is 0 Å². The van der Waals surface area contributed by atoms with Gasteiger partial charge in [-0.1, -0.05) is 44.2 Å². The minimum absolute atomic E-state index is 0.227. The molecule has 2 amide bonds. The third-order valence-electron chi connectivity index (χ3n) is 4.39. The van der Waals surface area contributed by atoms with Crippen molar-refractivity contribution in [2.24, 2.45) is 0 Å². The maximum atomic E-state index is 12.3. The molecule has 2 N–H and O–H groups in total. The molecular weight excluding hydrogens is 362 g/mol. The summed E-state index contributed by atoms with van der Waals surface area (Å²) in [7, 11) is -0.460. The van der Waals surface area contributed by atoms with E-state index in [4.69, 9.17) is 0 Å². The average molecular weight is 390 g/mol. The van der Waals surface area contributed by atoms with E-state index < -0.39 is 10.0 Å². The van der Waals surface area contributed by atoms with Crippen molar-refractivity contribution >= 4 is 21.7 Å². The zero-order chi connectivity index (χ0) is 20.0. The number of nitrogens with one attached hydrogen (secondary N) is 2. The Morgan fingerprint density at radius 3 is 2.00 bits per heavy atom. The largest absolute Gasteiger partial charge is 0.334 e. The molecule has 0 aliphatic heterocycles. The highest BCUT2D eigenvalue weighted by Gasteiger charge is 2.16. The van der Waals surface area contributed by atoms with Gasteiger partial charge in [-0.2, -0.15) is 0 Å². The number of aryl methyl sites for hydroxylation is 2. The summed E-state index contributed by atoms with van der Waals surface area (Å²) in [5, 5.41) is 5.77. The fraction of sp³-hybridized carbons (Fsp3) is 0.350. The van der Waals surface area contributed by atoms with Gasteiger partial charge < -0.3 is 10.6 Å². The zero-order valence-electron chi connectivity index (χ0n) is 16.2. The predicted molar refractivity (Wildman–Crippen MR) is 108 cm³/mol. The van der Waals surface area contributed by atoms with Crippen LogP contribution < -0.4 is 10.6 Å². The first kappa shape index (κ1) is 20.9. The quantitative estimate of drug-likeness (QED) is 0.762. The van der Waals surface area contributed by atoms with Crippen LogP contribution in [0.3, 0.4) is 0 Å². The molecule has 0 fully saturated rings. The van der Waals surface area contributed by atoms with Gasteiger partial charge >= 0.3 is 6.03 Å². The maximum Gasteiger partial charge on any atom is 0.319 e. The van der Waals surface area contributed by atoms with Crippen LogP contribution in [-0.2, 0) is 29.4 Å². The molecule has 6 nitrogen and oxygen atoms in total. The summed E-state index contributed by atoms with van der Waals surface area (Å²) in [4.78, 5) is 12.5. The highest BCUT2D eigenvalue weighted by atomic mass is 32.2. The van der Waals surface area contributed by atoms with Gasteiger partial charge in [-0.15, -0.1) is 0 Å². The molecule has 0 aromatic heterocycles. The number of urea groups is 1. The Labute approximate surface area is 161 Å². The number of rotatable bonds is 7. The van der Waals surface area contributed by atoms with Crippen LogP contribution in [0.5, 0.6) is 0 Å². The van der Waals surface area contributed by atoms with Crippen LogP contribution in [0.1, 0.15) is 30.5 Å². The van der Waals surface area contributed by atoms with E-state index in [-0.39, 0.29) is 10.9 Å².